The highest BCUT2D eigenvalue weighted by molar-refractivity contribution is 6.03. The highest BCUT2D eigenvalue weighted by atomic mass is 19.1. The van der Waals surface area contributed by atoms with E-state index in [9.17, 15) is 23.5 Å². The molecule has 2 N–H and O–H groups in total. The molecule has 0 aliphatic carbocycles. The van der Waals surface area contributed by atoms with Crippen molar-refractivity contribution in [3.63, 3.8) is 0 Å². The van der Waals surface area contributed by atoms with Crippen LogP contribution in [0.2, 0.25) is 0 Å². The average Bonchev–Trinajstić information content (AvgIpc) is 3.81. The maximum Gasteiger partial charge on any atom is 0.319 e. The van der Waals surface area contributed by atoms with E-state index in [2.05, 4.69) is 32.7 Å². The molecule has 0 saturated carbocycles. The van der Waals surface area contributed by atoms with Gasteiger partial charge in [-0.1, -0.05) is 25.0 Å². The molecule has 56 heavy (non-hydrogen) atoms. The molecule has 4 aliphatic heterocycles. The van der Waals surface area contributed by atoms with E-state index >= 15 is 4.39 Å². The van der Waals surface area contributed by atoms with Crippen molar-refractivity contribution in [1.29, 1.82) is 0 Å². The van der Waals surface area contributed by atoms with Crippen molar-refractivity contribution in [3.8, 4) is 35.4 Å². The maximum atomic E-state index is 17.1. The minimum Gasteiger partial charge on any atom is -0.508 e. The molecule has 2 aromatic carbocycles. The van der Waals surface area contributed by atoms with Gasteiger partial charge in [-0.15, -0.1) is 6.42 Å². The monoisotopic (exact) mass is 767 g/mol. The molecule has 4 fully saturated rings. The van der Waals surface area contributed by atoms with E-state index in [0.717, 1.165) is 45.1 Å². The number of aromatic hydroxyl groups is 1. The summed E-state index contributed by atoms with van der Waals surface area (Å²) in [5, 5.41) is 14.3. The number of anilines is 1. The number of carbonyl (C=O) groups excluding carboxylic acids is 2. The zero-order valence-corrected chi connectivity index (χ0v) is 31.1. The fourth-order valence-corrected chi connectivity index (χ4v) is 9.39. The number of hydrogen-bond acceptors (Lipinski definition) is 9. The summed E-state index contributed by atoms with van der Waals surface area (Å²) >= 11 is 0. The van der Waals surface area contributed by atoms with Gasteiger partial charge in [-0.25, -0.2) is 13.2 Å². The van der Waals surface area contributed by atoms with E-state index in [1.54, 1.807) is 0 Å². The molecule has 14 heteroatoms. The zero-order chi connectivity index (χ0) is 39.1. The van der Waals surface area contributed by atoms with Crippen LogP contribution in [0.1, 0.15) is 63.4 Å². The second-order valence-electron chi connectivity index (χ2n) is 15.4. The van der Waals surface area contributed by atoms with Crippen LogP contribution >= 0.6 is 0 Å². The molecule has 6 heterocycles. The number of aromatic nitrogens is 3. The SMILES string of the molecule is C#Cc1c(F)ccc2cc(O)cc(-c3ncc4c(N5CC6CCC(C5)N6C(=O)CCCCCNC(=O)C=C)nc(OCC56CCCN5CC(F)C6)nc4c3F)c12. The number of ether oxygens (including phenoxy) is 1. The Hall–Kier alpha value is -5.42. The third kappa shape index (κ3) is 6.86. The summed E-state index contributed by atoms with van der Waals surface area (Å²) in [6.45, 7) is 6.14. The van der Waals surface area contributed by atoms with Crippen LogP contribution in [-0.4, -0.2) is 105 Å². The highest BCUT2D eigenvalue weighted by Gasteiger charge is 2.49. The van der Waals surface area contributed by atoms with E-state index in [0.29, 0.717) is 62.0 Å². The van der Waals surface area contributed by atoms with Crippen LogP contribution in [0.3, 0.4) is 0 Å². The molecule has 2 bridgehead atoms. The normalized spacial score (nSPS) is 23.1. The first-order chi connectivity index (χ1) is 27.1. The second-order valence-corrected chi connectivity index (χ2v) is 15.4. The Bertz CT molecular complexity index is 2250. The number of rotatable bonds is 12. The number of hydrogen-bond donors (Lipinski definition) is 2. The summed E-state index contributed by atoms with van der Waals surface area (Å²) in [5.41, 5.74) is -0.765. The molecular weight excluding hydrogens is 724 g/mol. The minimum absolute atomic E-state index is 0.0710. The topological polar surface area (TPSA) is 124 Å². The Morgan fingerprint density at radius 3 is 2.70 bits per heavy atom. The molecule has 2 aromatic heterocycles. The lowest BCUT2D eigenvalue weighted by Gasteiger charge is -2.42. The van der Waals surface area contributed by atoms with Gasteiger partial charge in [-0.3, -0.25) is 19.5 Å². The van der Waals surface area contributed by atoms with Crippen LogP contribution in [0.15, 0.2) is 43.1 Å². The number of piperazine rings is 1. The molecule has 0 spiro atoms. The fraction of sp³-hybridized carbons (Fsp3) is 0.452. The number of phenols is 1. The first-order valence-electron chi connectivity index (χ1n) is 19.4. The third-order valence-electron chi connectivity index (χ3n) is 11.9. The van der Waals surface area contributed by atoms with Gasteiger partial charge in [0.1, 0.15) is 41.4 Å². The number of alkyl halides is 1. The van der Waals surface area contributed by atoms with Crippen LogP contribution in [0.5, 0.6) is 11.8 Å². The molecule has 2 amide bonds. The summed E-state index contributed by atoms with van der Waals surface area (Å²) < 4.78 is 53.0. The van der Waals surface area contributed by atoms with E-state index in [1.807, 2.05) is 9.80 Å². The molecule has 8 rings (SSSR count). The van der Waals surface area contributed by atoms with Crippen molar-refractivity contribution in [2.45, 2.75) is 81.6 Å². The second kappa shape index (κ2) is 15.3. The van der Waals surface area contributed by atoms with Gasteiger partial charge in [0, 0.05) is 68.3 Å². The smallest absolute Gasteiger partial charge is 0.319 e. The number of pyridine rings is 1. The van der Waals surface area contributed by atoms with Gasteiger partial charge in [0.25, 0.3) is 0 Å². The number of amides is 2. The Balaban J connectivity index is 1.12. The number of nitrogens with one attached hydrogen (secondary N) is 1. The van der Waals surface area contributed by atoms with Crippen LogP contribution in [0.25, 0.3) is 32.9 Å². The minimum atomic E-state index is -0.965. The number of carbonyl (C=O) groups is 2. The maximum absolute atomic E-state index is 17.1. The molecule has 4 saturated heterocycles. The lowest BCUT2D eigenvalue weighted by Crippen LogP contribution is -2.56. The Labute approximate surface area is 322 Å². The first kappa shape index (κ1) is 37.5. The number of unbranched alkanes of at least 4 members (excludes halogenated alkanes) is 2. The van der Waals surface area contributed by atoms with Crippen molar-refractivity contribution in [2.24, 2.45) is 0 Å². The van der Waals surface area contributed by atoms with Crippen molar-refractivity contribution in [2.75, 3.05) is 44.2 Å². The zero-order valence-electron chi connectivity index (χ0n) is 31.1. The summed E-state index contributed by atoms with van der Waals surface area (Å²) in [6, 6.07) is 5.15. The Morgan fingerprint density at radius 1 is 1.12 bits per heavy atom. The van der Waals surface area contributed by atoms with Gasteiger partial charge in [-0.05, 0) is 74.7 Å². The lowest BCUT2D eigenvalue weighted by molar-refractivity contribution is -0.134. The molecule has 4 atom stereocenters. The van der Waals surface area contributed by atoms with Crippen LogP contribution in [-0.2, 0) is 9.59 Å². The van der Waals surface area contributed by atoms with E-state index in [4.69, 9.17) is 16.1 Å². The number of terminal acetylenes is 1. The summed E-state index contributed by atoms with van der Waals surface area (Å²) in [4.78, 5) is 45.0. The fourth-order valence-electron chi connectivity index (χ4n) is 9.39. The molecule has 4 aliphatic rings. The molecule has 11 nitrogen and oxygen atoms in total. The van der Waals surface area contributed by atoms with E-state index in [1.165, 1.54) is 36.5 Å². The van der Waals surface area contributed by atoms with Gasteiger partial charge in [0.15, 0.2) is 5.82 Å². The van der Waals surface area contributed by atoms with Gasteiger partial charge in [-0.2, -0.15) is 9.97 Å². The number of nitrogens with zero attached hydrogens (tertiary/aromatic N) is 6. The van der Waals surface area contributed by atoms with Gasteiger partial charge in [0.2, 0.25) is 11.8 Å². The van der Waals surface area contributed by atoms with Gasteiger partial charge >= 0.3 is 6.01 Å². The lowest BCUT2D eigenvalue weighted by atomic mass is 9.95. The van der Waals surface area contributed by atoms with Gasteiger partial charge < -0.3 is 25.0 Å². The molecule has 4 unspecified atom stereocenters. The largest absolute Gasteiger partial charge is 0.508 e. The van der Waals surface area contributed by atoms with Crippen molar-refractivity contribution in [3.05, 3.63) is 60.3 Å². The van der Waals surface area contributed by atoms with Crippen LogP contribution in [0, 0.1) is 24.0 Å². The standard InChI is InChI=1S/C42H44F3N7O4/c1-3-30-33(44)13-10-25-17-29(53)18-31(36(25)30)38-37(45)39-32(20-47-38)40(49-41(48-39)56-24-42-14-8-16-51(42)21-26(43)19-42)50-22-27-11-12-28(23-50)52(27)35(55)9-6-5-7-15-46-34(54)4-2/h1,4,10,13,17-18,20,26-28,53H,2,5-9,11-12,14-16,19,21-24H2,(H,46,54). The van der Waals surface area contributed by atoms with E-state index < -0.39 is 23.3 Å². The first-order valence-corrected chi connectivity index (χ1v) is 19.4. The van der Waals surface area contributed by atoms with Crippen LogP contribution < -0.4 is 15.0 Å². The molecule has 292 valence electrons. The Morgan fingerprint density at radius 2 is 1.93 bits per heavy atom. The number of fused-ring (bicyclic) bond motifs is 5. The summed E-state index contributed by atoms with van der Waals surface area (Å²) in [7, 11) is 0. The number of benzene rings is 2. The number of phenolic OH excluding ortho intramolecular Hbond substituents is 1. The van der Waals surface area contributed by atoms with Crippen molar-refractivity contribution < 1.29 is 32.6 Å². The predicted molar refractivity (Wildman–Crippen MR) is 206 cm³/mol. The summed E-state index contributed by atoms with van der Waals surface area (Å²) in [6.07, 6.45) is 13.8. The average molecular weight is 768 g/mol. The van der Waals surface area contributed by atoms with E-state index in [-0.39, 0.29) is 70.0 Å². The number of halogens is 3. The van der Waals surface area contributed by atoms with Gasteiger partial charge in [0.05, 0.1) is 16.5 Å². The Kier molecular flexibility index (Phi) is 10.2. The highest BCUT2D eigenvalue weighted by Crippen LogP contribution is 2.42. The molecular formula is C42H44F3N7O4. The van der Waals surface area contributed by atoms with Crippen molar-refractivity contribution >= 4 is 39.3 Å². The predicted octanol–water partition coefficient (Wildman–Crippen LogP) is 5.81. The van der Waals surface area contributed by atoms with Crippen molar-refractivity contribution in [1.82, 2.24) is 30.1 Å². The van der Waals surface area contributed by atoms with Crippen LogP contribution in [0.4, 0.5) is 19.0 Å². The molecule has 0 radical (unpaired) electrons. The quantitative estimate of drug-likeness (QED) is 0.105. The summed E-state index contributed by atoms with van der Waals surface area (Å²) in [5.74, 6) is 0.961. The third-order valence-corrected chi connectivity index (χ3v) is 11.9. The molecule has 4 aromatic rings.